The summed E-state index contributed by atoms with van der Waals surface area (Å²) >= 11 is 5.17. The van der Waals surface area contributed by atoms with Crippen molar-refractivity contribution in [2.75, 3.05) is 20.8 Å². The molecule has 0 saturated carbocycles. The Kier molecular flexibility index (Phi) is 6.14. The summed E-state index contributed by atoms with van der Waals surface area (Å²) in [5.41, 5.74) is 1.48. The van der Waals surface area contributed by atoms with Gasteiger partial charge in [-0.3, -0.25) is 4.79 Å². The molecule has 0 radical (unpaired) electrons. The SMILES string of the molecule is CCCOc1ccc(C2NC(=S)N=C(C)C2C(=O)OC)cc1OC. The first kappa shape index (κ1) is 18.2. The molecular formula is C17H22N2O4S. The van der Waals surface area contributed by atoms with E-state index in [2.05, 4.69) is 10.3 Å². The minimum atomic E-state index is -0.547. The third-order valence-corrected chi connectivity index (χ3v) is 4.01. The number of hydrogen-bond donors (Lipinski definition) is 1. The number of carbonyl (C=O) groups excluding carboxylic acids is 1. The highest BCUT2D eigenvalue weighted by Crippen LogP contribution is 2.34. The molecule has 1 aliphatic rings. The van der Waals surface area contributed by atoms with Gasteiger partial charge in [0.15, 0.2) is 16.6 Å². The Bertz CT molecular complexity index is 660. The van der Waals surface area contributed by atoms with E-state index in [0.717, 1.165) is 12.0 Å². The molecule has 2 unspecified atom stereocenters. The van der Waals surface area contributed by atoms with E-state index < -0.39 is 5.92 Å². The maximum Gasteiger partial charge on any atom is 0.316 e. The zero-order valence-corrected chi connectivity index (χ0v) is 15.1. The monoisotopic (exact) mass is 350 g/mol. The lowest BCUT2D eigenvalue weighted by atomic mass is 9.88. The van der Waals surface area contributed by atoms with E-state index in [4.69, 9.17) is 26.4 Å². The third-order valence-electron chi connectivity index (χ3n) is 3.80. The van der Waals surface area contributed by atoms with Gasteiger partial charge in [0, 0.05) is 5.71 Å². The predicted molar refractivity (Wildman–Crippen MR) is 95.9 cm³/mol. The quantitative estimate of drug-likeness (QED) is 0.628. The summed E-state index contributed by atoms with van der Waals surface area (Å²) in [7, 11) is 2.95. The number of nitrogens with zero attached hydrogens (tertiary/aromatic N) is 1. The van der Waals surface area contributed by atoms with Crippen LogP contribution in [0, 0.1) is 5.92 Å². The number of thiocarbonyl (C=S) groups is 1. The number of methoxy groups -OCH3 is 2. The summed E-state index contributed by atoms with van der Waals surface area (Å²) in [4.78, 5) is 16.4. The molecule has 2 rings (SSSR count). The minimum Gasteiger partial charge on any atom is -0.493 e. The summed E-state index contributed by atoms with van der Waals surface area (Å²) in [6.45, 7) is 4.42. The zero-order chi connectivity index (χ0) is 17.7. The highest BCUT2D eigenvalue weighted by molar-refractivity contribution is 7.80. The molecule has 1 aromatic carbocycles. The Morgan fingerprint density at radius 3 is 2.71 bits per heavy atom. The number of esters is 1. The lowest BCUT2D eigenvalue weighted by molar-refractivity contribution is -0.143. The van der Waals surface area contributed by atoms with Gasteiger partial charge in [0.25, 0.3) is 0 Å². The first-order valence-electron chi connectivity index (χ1n) is 7.76. The largest absolute Gasteiger partial charge is 0.493 e. The van der Waals surface area contributed by atoms with Crippen molar-refractivity contribution >= 4 is 29.0 Å². The van der Waals surface area contributed by atoms with Crippen LogP contribution in [0.4, 0.5) is 0 Å². The van der Waals surface area contributed by atoms with Crippen LogP contribution >= 0.6 is 12.2 Å². The first-order chi connectivity index (χ1) is 11.5. The Hall–Kier alpha value is -2.15. The van der Waals surface area contributed by atoms with Crippen LogP contribution in [0.3, 0.4) is 0 Å². The summed E-state index contributed by atoms with van der Waals surface area (Å²) in [5, 5.41) is 3.44. The molecule has 0 spiro atoms. The topological polar surface area (TPSA) is 69.2 Å². The number of aliphatic imine (C=N–C) groups is 1. The van der Waals surface area contributed by atoms with Gasteiger partial charge in [-0.25, -0.2) is 4.99 Å². The van der Waals surface area contributed by atoms with Gasteiger partial charge in [0.2, 0.25) is 0 Å². The van der Waals surface area contributed by atoms with Crippen LogP contribution in [-0.2, 0) is 9.53 Å². The van der Waals surface area contributed by atoms with Crippen molar-refractivity contribution in [2.24, 2.45) is 10.9 Å². The molecule has 1 N–H and O–H groups in total. The van der Waals surface area contributed by atoms with Crippen LogP contribution in [0.1, 0.15) is 31.9 Å². The molecule has 7 heteroatoms. The van der Waals surface area contributed by atoms with E-state index in [1.165, 1.54) is 7.11 Å². The van der Waals surface area contributed by atoms with Gasteiger partial charge in [0.05, 0.1) is 26.9 Å². The maximum atomic E-state index is 12.2. The summed E-state index contributed by atoms with van der Waals surface area (Å²) in [6, 6.07) is 5.21. The second-order valence-electron chi connectivity index (χ2n) is 5.44. The molecule has 1 aromatic rings. The fourth-order valence-corrected chi connectivity index (χ4v) is 2.91. The maximum absolute atomic E-state index is 12.2. The molecule has 0 aromatic heterocycles. The van der Waals surface area contributed by atoms with Crippen molar-refractivity contribution in [3.05, 3.63) is 23.8 Å². The Morgan fingerprint density at radius 2 is 2.08 bits per heavy atom. The van der Waals surface area contributed by atoms with Crippen molar-refractivity contribution < 1.29 is 19.0 Å². The van der Waals surface area contributed by atoms with Crippen molar-refractivity contribution in [2.45, 2.75) is 26.3 Å². The molecule has 0 aliphatic carbocycles. The Morgan fingerprint density at radius 1 is 1.33 bits per heavy atom. The van der Waals surface area contributed by atoms with Gasteiger partial charge in [-0.2, -0.15) is 0 Å². The third kappa shape index (κ3) is 3.84. The normalized spacial score (nSPS) is 20.0. The van der Waals surface area contributed by atoms with Crippen molar-refractivity contribution in [3.63, 3.8) is 0 Å². The summed E-state index contributed by atoms with van der Waals surface area (Å²) in [6.07, 6.45) is 0.906. The van der Waals surface area contributed by atoms with E-state index in [-0.39, 0.29) is 12.0 Å². The molecular weight excluding hydrogens is 328 g/mol. The van der Waals surface area contributed by atoms with Crippen LogP contribution < -0.4 is 14.8 Å². The lowest BCUT2D eigenvalue weighted by Gasteiger charge is -2.31. The van der Waals surface area contributed by atoms with E-state index in [1.54, 1.807) is 14.0 Å². The lowest BCUT2D eigenvalue weighted by Crippen LogP contribution is -2.44. The smallest absolute Gasteiger partial charge is 0.316 e. The number of rotatable bonds is 6. The number of ether oxygens (including phenoxy) is 3. The average molecular weight is 350 g/mol. The summed E-state index contributed by atoms with van der Waals surface area (Å²) in [5.74, 6) is 0.370. The van der Waals surface area contributed by atoms with Crippen molar-refractivity contribution in [1.29, 1.82) is 0 Å². The van der Waals surface area contributed by atoms with Crippen LogP contribution in [0.15, 0.2) is 23.2 Å². The molecule has 6 nitrogen and oxygen atoms in total. The number of hydrogen-bond acceptors (Lipinski definition) is 5. The molecule has 2 atom stereocenters. The molecule has 0 amide bonds. The second kappa shape index (κ2) is 8.10. The Labute approximate surface area is 147 Å². The predicted octanol–water partition coefficient (Wildman–Crippen LogP) is 2.66. The van der Waals surface area contributed by atoms with Gasteiger partial charge >= 0.3 is 5.97 Å². The number of carbonyl (C=O) groups is 1. The first-order valence-corrected chi connectivity index (χ1v) is 8.16. The average Bonchev–Trinajstić information content (AvgIpc) is 2.58. The highest BCUT2D eigenvalue weighted by Gasteiger charge is 2.36. The zero-order valence-electron chi connectivity index (χ0n) is 14.3. The molecule has 0 bridgehead atoms. The van der Waals surface area contributed by atoms with Gasteiger partial charge in [-0.15, -0.1) is 0 Å². The fourth-order valence-electron chi connectivity index (χ4n) is 2.64. The van der Waals surface area contributed by atoms with Crippen molar-refractivity contribution in [1.82, 2.24) is 5.32 Å². The minimum absolute atomic E-state index is 0.350. The number of nitrogens with one attached hydrogen (secondary N) is 1. The van der Waals surface area contributed by atoms with Crippen molar-refractivity contribution in [3.8, 4) is 11.5 Å². The van der Waals surface area contributed by atoms with Gasteiger partial charge in [0.1, 0.15) is 5.92 Å². The summed E-state index contributed by atoms with van der Waals surface area (Å²) < 4.78 is 16.0. The van der Waals surface area contributed by atoms with E-state index in [0.29, 0.717) is 28.9 Å². The number of benzene rings is 1. The Balaban J connectivity index is 2.39. The molecule has 0 saturated heterocycles. The van der Waals surface area contributed by atoms with Gasteiger partial charge < -0.3 is 19.5 Å². The van der Waals surface area contributed by atoms with Crippen LogP contribution in [-0.4, -0.2) is 37.6 Å². The molecule has 1 heterocycles. The van der Waals surface area contributed by atoms with E-state index >= 15 is 0 Å². The van der Waals surface area contributed by atoms with Crippen LogP contribution in [0.5, 0.6) is 11.5 Å². The molecule has 130 valence electrons. The standard InChI is InChI=1S/C17H22N2O4S/c1-5-8-23-12-7-6-11(9-13(12)21-3)15-14(16(20)22-4)10(2)18-17(24)19-15/h6-7,9,14-15H,5,8H2,1-4H3,(H,19,24). The molecule has 0 fully saturated rings. The van der Waals surface area contributed by atoms with E-state index in [1.807, 2.05) is 25.1 Å². The molecule has 24 heavy (non-hydrogen) atoms. The molecule has 1 aliphatic heterocycles. The van der Waals surface area contributed by atoms with Gasteiger partial charge in [-0.05, 0) is 43.3 Å². The second-order valence-corrected chi connectivity index (χ2v) is 5.83. The highest BCUT2D eigenvalue weighted by atomic mass is 32.1. The van der Waals surface area contributed by atoms with Crippen LogP contribution in [0.25, 0.3) is 0 Å². The van der Waals surface area contributed by atoms with Crippen LogP contribution in [0.2, 0.25) is 0 Å². The van der Waals surface area contributed by atoms with Gasteiger partial charge in [-0.1, -0.05) is 13.0 Å². The fraction of sp³-hybridized carbons (Fsp3) is 0.471. The van der Waals surface area contributed by atoms with E-state index in [9.17, 15) is 4.79 Å².